The second-order valence-electron chi connectivity index (χ2n) is 3.31. The van der Waals surface area contributed by atoms with Crippen LogP contribution >= 0.6 is 0 Å². The van der Waals surface area contributed by atoms with Crippen molar-refractivity contribution in [3.8, 4) is 0 Å². The molecule has 0 spiro atoms. The fourth-order valence-electron chi connectivity index (χ4n) is 1.62. The molecule has 1 unspecified atom stereocenters. The Morgan fingerprint density at radius 2 is 2.15 bits per heavy atom. The monoisotopic (exact) mass is 195 g/mol. The summed E-state index contributed by atoms with van der Waals surface area (Å²) >= 11 is 0. The summed E-state index contributed by atoms with van der Waals surface area (Å²) in [5.74, 6) is 0. The van der Waals surface area contributed by atoms with Crippen LogP contribution in [0.3, 0.4) is 0 Å². The normalized spacial score (nSPS) is 23.6. The summed E-state index contributed by atoms with van der Waals surface area (Å²) in [6.45, 7) is 0.918. The summed E-state index contributed by atoms with van der Waals surface area (Å²) in [5, 5.41) is 0. The molecule has 1 aliphatic rings. The predicted molar refractivity (Wildman–Crippen MR) is 53.8 cm³/mol. The number of hydrogen-bond acceptors (Lipinski definition) is 1. The molecule has 0 aliphatic carbocycles. The van der Waals surface area contributed by atoms with Crippen LogP contribution in [0.5, 0.6) is 0 Å². The van der Waals surface area contributed by atoms with Crippen molar-refractivity contribution in [2.45, 2.75) is 17.7 Å². The lowest BCUT2D eigenvalue weighted by Crippen LogP contribution is -2.20. The lowest BCUT2D eigenvalue weighted by Gasteiger charge is -2.11. The summed E-state index contributed by atoms with van der Waals surface area (Å²) in [7, 11) is 0.971. The van der Waals surface area contributed by atoms with Gasteiger partial charge < -0.3 is 0 Å². The van der Waals surface area contributed by atoms with Crippen molar-refractivity contribution in [3.05, 3.63) is 29.8 Å². The first-order valence-corrected chi connectivity index (χ1v) is 5.60. The molecule has 1 heterocycles. The fourth-order valence-corrected chi connectivity index (χ4v) is 2.84. The van der Waals surface area contributed by atoms with Crippen molar-refractivity contribution < 1.29 is 4.21 Å². The average Bonchev–Trinajstić information content (AvgIpc) is 2.29. The van der Waals surface area contributed by atoms with Gasteiger partial charge in [0.15, 0.2) is 0 Å². The third kappa shape index (κ3) is 1.67. The lowest BCUT2D eigenvalue weighted by molar-refractivity contribution is 0.517. The number of fused-ring (bicyclic) bond motifs is 1. The van der Waals surface area contributed by atoms with Crippen LogP contribution < -0.4 is 0 Å². The van der Waals surface area contributed by atoms with E-state index in [1.54, 1.807) is 0 Å². The van der Waals surface area contributed by atoms with Gasteiger partial charge in [-0.1, -0.05) is 18.2 Å². The molecule has 1 aromatic rings. The van der Waals surface area contributed by atoms with Gasteiger partial charge in [0.25, 0.3) is 0 Å². The molecule has 0 aromatic heterocycles. The maximum atomic E-state index is 11.9. The highest BCUT2D eigenvalue weighted by atomic mass is 32.2. The van der Waals surface area contributed by atoms with E-state index in [1.807, 2.05) is 29.6 Å². The van der Waals surface area contributed by atoms with Crippen molar-refractivity contribution in [3.63, 3.8) is 0 Å². The van der Waals surface area contributed by atoms with E-state index in [0.29, 0.717) is 0 Å². The van der Waals surface area contributed by atoms with Crippen LogP contribution in [0.25, 0.3) is 0 Å². The highest BCUT2D eigenvalue weighted by Crippen LogP contribution is 2.20. The lowest BCUT2D eigenvalue weighted by atomic mass is 10.1. The van der Waals surface area contributed by atoms with Crippen LogP contribution in [0.15, 0.2) is 29.2 Å². The Morgan fingerprint density at radius 3 is 3.00 bits per heavy atom. The van der Waals surface area contributed by atoms with E-state index in [0.717, 1.165) is 24.3 Å². The highest BCUT2D eigenvalue weighted by Gasteiger charge is 2.17. The van der Waals surface area contributed by atoms with Gasteiger partial charge in [-0.2, -0.15) is 0 Å². The van der Waals surface area contributed by atoms with Gasteiger partial charge in [-0.15, -0.1) is 0 Å². The molecule has 2 nitrogen and oxygen atoms in total. The number of benzene rings is 1. The molecule has 0 bridgehead atoms. The molecule has 70 valence electrons. The van der Waals surface area contributed by atoms with Crippen LogP contribution in [0.1, 0.15) is 12.0 Å². The molecule has 0 N–H and O–H groups in total. The van der Waals surface area contributed by atoms with Gasteiger partial charge in [-0.3, -0.25) is 0 Å². The summed E-state index contributed by atoms with van der Waals surface area (Å²) < 4.78 is 13.8. The maximum absolute atomic E-state index is 11.9. The summed E-state index contributed by atoms with van der Waals surface area (Å²) in [4.78, 5) is 0.988. The molecule has 0 fully saturated rings. The zero-order chi connectivity index (χ0) is 9.26. The van der Waals surface area contributed by atoms with Crippen LogP contribution in [0, 0.1) is 0 Å². The van der Waals surface area contributed by atoms with Gasteiger partial charge >= 0.3 is 0 Å². The highest BCUT2D eigenvalue weighted by molar-refractivity contribution is 7.82. The van der Waals surface area contributed by atoms with Crippen LogP contribution in [0.4, 0.5) is 0 Å². The first-order valence-electron chi connectivity index (χ1n) is 4.50. The molecule has 1 aromatic carbocycles. The molecule has 13 heavy (non-hydrogen) atoms. The standard InChI is InChI=1S/C10H13NOS/c1-11-8-4-6-9-5-2-3-7-10(9)13(11)12/h2-3,5,7H,4,6,8H2,1H3. The molecule has 1 aliphatic heterocycles. The van der Waals surface area contributed by atoms with Gasteiger partial charge in [0, 0.05) is 13.6 Å². The average molecular weight is 195 g/mol. The molecular formula is C10H13NOS. The SMILES string of the molecule is CN1CCCc2ccccc2S1=O. The van der Waals surface area contributed by atoms with E-state index in [4.69, 9.17) is 0 Å². The summed E-state index contributed by atoms with van der Waals surface area (Å²) in [5.41, 5.74) is 1.24. The Labute approximate surface area is 81.2 Å². The van der Waals surface area contributed by atoms with Crippen molar-refractivity contribution in [2.24, 2.45) is 0 Å². The van der Waals surface area contributed by atoms with Crippen molar-refractivity contribution in [1.29, 1.82) is 0 Å². The van der Waals surface area contributed by atoms with Gasteiger partial charge in [-0.25, -0.2) is 8.51 Å². The first kappa shape index (κ1) is 8.91. The third-order valence-corrected chi connectivity index (χ3v) is 3.89. The molecule has 0 saturated carbocycles. The summed E-state index contributed by atoms with van der Waals surface area (Å²) in [6.07, 6.45) is 2.14. The minimum atomic E-state index is -0.944. The molecule has 3 heteroatoms. The minimum Gasteiger partial charge on any atom is -0.237 e. The van der Waals surface area contributed by atoms with E-state index in [1.165, 1.54) is 5.56 Å². The van der Waals surface area contributed by atoms with E-state index >= 15 is 0 Å². The Kier molecular flexibility index (Phi) is 2.47. The molecule has 0 radical (unpaired) electrons. The number of nitrogens with zero attached hydrogens (tertiary/aromatic N) is 1. The first-order chi connectivity index (χ1) is 6.29. The quantitative estimate of drug-likeness (QED) is 0.615. The van der Waals surface area contributed by atoms with Crippen molar-refractivity contribution in [2.75, 3.05) is 13.6 Å². The number of aryl methyl sites for hydroxylation is 1. The third-order valence-electron chi connectivity index (χ3n) is 2.36. The Morgan fingerprint density at radius 1 is 1.38 bits per heavy atom. The van der Waals surface area contributed by atoms with Gasteiger partial charge in [0.2, 0.25) is 0 Å². The van der Waals surface area contributed by atoms with Gasteiger partial charge in [0.1, 0.15) is 11.0 Å². The van der Waals surface area contributed by atoms with E-state index < -0.39 is 11.0 Å². The second kappa shape index (κ2) is 3.60. The largest absolute Gasteiger partial charge is 0.237 e. The van der Waals surface area contributed by atoms with E-state index in [9.17, 15) is 4.21 Å². The van der Waals surface area contributed by atoms with Crippen LogP contribution in [-0.4, -0.2) is 22.1 Å². The molecule has 0 saturated heterocycles. The Hall–Kier alpha value is -0.670. The smallest absolute Gasteiger partial charge is 0.127 e. The Balaban J connectivity index is 2.46. The minimum absolute atomic E-state index is 0.918. The zero-order valence-electron chi connectivity index (χ0n) is 7.69. The number of hydrogen-bond donors (Lipinski definition) is 0. The maximum Gasteiger partial charge on any atom is 0.127 e. The zero-order valence-corrected chi connectivity index (χ0v) is 8.51. The molecule has 0 amide bonds. The fraction of sp³-hybridized carbons (Fsp3) is 0.400. The summed E-state index contributed by atoms with van der Waals surface area (Å²) in [6, 6.07) is 8.01. The molecule has 1 atom stereocenters. The molecule has 2 rings (SSSR count). The predicted octanol–water partition coefficient (Wildman–Crippen LogP) is 1.59. The van der Waals surface area contributed by atoms with Crippen molar-refractivity contribution >= 4 is 11.0 Å². The number of rotatable bonds is 0. The van der Waals surface area contributed by atoms with E-state index in [-0.39, 0.29) is 0 Å². The van der Waals surface area contributed by atoms with E-state index in [2.05, 4.69) is 6.07 Å². The van der Waals surface area contributed by atoms with Crippen LogP contribution in [-0.2, 0) is 17.4 Å². The second-order valence-corrected chi connectivity index (χ2v) is 4.87. The topological polar surface area (TPSA) is 20.3 Å². The molecular weight excluding hydrogens is 182 g/mol. The van der Waals surface area contributed by atoms with Gasteiger partial charge in [0.05, 0.1) is 4.90 Å². The Bertz CT molecular complexity index is 337. The van der Waals surface area contributed by atoms with Gasteiger partial charge in [-0.05, 0) is 24.5 Å². The van der Waals surface area contributed by atoms with Crippen LogP contribution in [0.2, 0.25) is 0 Å². The van der Waals surface area contributed by atoms with Crippen molar-refractivity contribution in [1.82, 2.24) is 4.31 Å².